The van der Waals surface area contributed by atoms with Crippen molar-refractivity contribution in [2.45, 2.75) is 12.8 Å². The molecule has 0 aromatic heterocycles. The zero-order valence-electron chi connectivity index (χ0n) is 7.42. The maximum absolute atomic E-state index is 5.46. The summed E-state index contributed by atoms with van der Waals surface area (Å²) in [5.74, 6) is 0.934. The number of rotatable bonds is 3. The highest BCUT2D eigenvalue weighted by molar-refractivity contribution is 5.30. The molecule has 0 aliphatic heterocycles. The molecule has 1 aliphatic carbocycles. The van der Waals surface area contributed by atoms with E-state index >= 15 is 0 Å². The van der Waals surface area contributed by atoms with Crippen molar-refractivity contribution < 1.29 is 4.74 Å². The lowest BCUT2D eigenvalue weighted by Gasteiger charge is -2.01. The van der Waals surface area contributed by atoms with Crippen LogP contribution in [-0.2, 0) is 4.74 Å². The second-order valence-corrected chi connectivity index (χ2v) is 2.71. The van der Waals surface area contributed by atoms with Crippen LogP contribution in [0.5, 0.6) is 0 Å². The van der Waals surface area contributed by atoms with E-state index in [1.165, 1.54) is 5.57 Å². The van der Waals surface area contributed by atoms with Crippen molar-refractivity contribution in [3.63, 3.8) is 0 Å². The lowest BCUT2D eigenvalue weighted by molar-refractivity contribution is 0.305. The highest BCUT2D eigenvalue weighted by Gasteiger charge is 1.98. The first-order valence-corrected chi connectivity index (χ1v) is 4.18. The summed E-state index contributed by atoms with van der Waals surface area (Å²) in [6.07, 6.45) is 10.2. The summed E-state index contributed by atoms with van der Waals surface area (Å²) in [6.45, 7) is 0.688. The highest BCUT2D eigenvalue weighted by atomic mass is 16.5. The van der Waals surface area contributed by atoms with Crippen molar-refractivity contribution in [1.82, 2.24) is 0 Å². The molecule has 0 amide bonds. The number of ether oxygens (including phenoxy) is 1. The van der Waals surface area contributed by atoms with E-state index in [1.54, 1.807) is 7.11 Å². The minimum atomic E-state index is 0.688. The van der Waals surface area contributed by atoms with Crippen LogP contribution in [0.2, 0.25) is 0 Å². The van der Waals surface area contributed by atoms with Crippen LogP contribution >= 0.6 is 0 Å². The lowest BCUT2D eigenvalue weighted by Crippen LogP contribution is -1.99. The summed E-state index contributed by atoms with van der Waals surface area (Å²) in [5, 5.41) is 0. The Hall–Kier alpha value is -1.02. The molecule has 0 fully saturated rings. The van der Waals surface area contributed by atoms with Crippen molar-refractivity contribution in [2.24, 2.45) is 5.73 Å². The molecule has 0 heterocycles. The molecule has 0 unspecified atom stereocenters. The van der Waals surface area contributed by atoms with Crippen molar-refractivity contribution in [3.8, 4) is 0 Å². The fourth-order valence-electron chi connectivity index (χ4n) is 1.16. The minimum Gasteiger partial charge on any atom is -0.497 e. The van der Waals surface area contributed by atoms with Crippen LogP contribution in [0.15, 0.2) is 35.6 Å². The number of allylic oxidation sites excluding steroid dienone is 4. The van der Waals surface area contributed by atoms with Gasteiger partial charge in [0.2, 0.25) is 0 Å². The molecule has 0 aromatic rings. The normalized spacial score (nSPS) is 16.5. The van der Waals surface area contributed by atoms with Crippen LogP contribution in [0.1, 0.15) is 12.8 Å². The van der Waals surface area contributed by atoms with Crippen molar-refractivity contribution in [3.05, 3.63) is 35.6 Å². The van der Waals surface area contributed by atoms with E-state index in [0.29, 0.717) is 6.54 Å². The van der Waals surface area contributed by atoms with Crippen LogP contribution in [0.3, 0.4) is 0 Å². The molecule has 2 N–H and O–H groups in total. The fourth-order valence-corrected chi connectivity index (χ4v) is 1.16. The molecule has 0 bridgehead atoms. The van der Waals surface area contributed by atoms with E-state index in [0.717, 1.165) is 18.6 Å². The van der Waals surface area contributed by atoms with Gasteiger partial charge in [-0.25, -0.2) is 0 Å². The Bertz CT molecular complexity index is 226. The van der Waals surface area contributed by atoms with Gasteiger partial charge in [-0.2, -0.15) is 0 Å². The Morgan fingerprint density at radius 1 is 1.58 bits per heavy atom. The molecule has 2 heteroatoms. The van der Waals surface area contributed by atoms with Gasteiger partial charge in [-0.15, -0.1) is 0 Å². The molecule has 0 aromatic carbocycles. The Morgan fingerprint density at radius 2 is 2.42 bits per heavy atom. The van der Waals surface area contributed by atoms with Crippen LogP contribution in [0.4, 0.5) is 0 Å². The monoisotopic (exact) mass is 165 g/mol. The molecule has 1 aliphatic rings. The van der Waals surface area contributed by atoms with E-state index in [2.05, 4.69) is 18.2 Å². The predicted octanol–water partition coefficient (Wildman–Crippen LogP) is 1.75. The van der Waals surface area contributed by atoms with Gasteiger partial charge < -0.3 is 10.5 Å². The van der Waals surface area contributed by atoms with E-state index in [-0.39, 0.29) is 0 Å². The Balaban J connectivity index is 2.69. The van der Waals surface area contributed by atoms with Gasteiger partial charge in [0, 0.05) is 0 Å². The van der Waals surface area contributed by atoms with Crippen molar-refractivity contribution >= 4 is 0 Å². The molecule has 1 rings (SSSR count). The van der Waals surface area contributed by atoms with E-state index in [1.807, 2.05) is 6.08 Å². The third kappa shape index (κ3) is 2.55. The van der Waals surface area contributed by atoms with Crippen LogP contribution in [-0.4, -0.2) is 13.7 Å². The van der Waals surface area contributed by atoms with Crippen molar-refractivity contribution in [1.29, 1.82) is 0 Å². The average molecular weight is 165 g/mol. The Kier molecular flexibility index (Phi) is 3.61. The third-order valence-electron chi connectivity index (χ3n) is 1.78. The van der Waals surface area contributed by atoms with E-state index < -0.39 is 0 Å². The second-order valence-electron chi connectivity index (χ2n) is 2.71. The smallest absolute Gasteiger partial charge is 0.115 e. The second kappa shape index (κ2) is 4.78. The maximum Gasteiger partial charge on any atom is 0.115 e. The topological polar surface area (TPSA) is 35.2 Å². The first kappa shape index (κ1) is 9.07. The molecule has 2 nitrogen and oxygen atoms in total. The van der Waals surface area contributed by atoms with Gasteiger partial charge in [-0.05, 0) is 37.1 Å². The summed E-state index contributed by atoms with van der Waals surface area (Å²) in [7, 11) is 1.69. The fraction of sp³-hybridized carbons (Fsp3) is 0.400. The van der Waals surface area contributed by atoms with Gasteiger partial charge in [0.05, 0.1) is 7.11 Å². The molecule has 0 atom stereocenters. The van der Waals surface area contributed by atoms with E-state index in [4.69, 9.17) is 10.5 Å². The van der Waals surface area contributed by atoms with Gasteiger partial charge in [0.25, 0.3) is 0 Å². The number of hydrogen-bond donors (Lipinski definition) is 1. The lowest BCUT2D eigenvalue weighted by atomic mass is 10.1. The molecular formula is C10H15NO. The number of hydrogen-bond acceptors (Lipinski definition) is 2. The predicted molar refractivity (Wildman–Crippen MR) is 50.6 cm³/mol. The molecule has 12 heavy (non-hydrogen) atoms. The third-order valence-corrected chi connectivity index (χ3v) is 1.78. The van der Waals surface area contributed by atoms with Crippen LogP contribution < -0.4 is 5.73 Å². The standard InChI is InChI=1S/C10H15NO/c1-12-10-5-3-2-4-9(8-10)6-7-11/h2,4-5,8H,3,6-7,11H2,1H3. The minimum absolute atomic E-state index is 0.688. The quantitative estimate of drug-likeness (QED) is 0.691. The summed E-state index contributed by atoms with van der Waals surface area (Å²) < 4.78 is 5.15. The highest BCUT2D eigenvalue weighted by Crippen LogP contribution is 2.13. The van der Waals surface area contributed by atoms with Crippen LogP contribution in [0.25, 0.3) is 0 Å². The largest absolute Gasteiger partial charge is 0.497 e. The maximum atomic E-state index is 5.46. The van der Waals surface area contributed by atoms with Gasteiger partial charge in [0.1, 0.15) is 5.76 Å². The molecular weight excluding hydrogens is 150 g/mol. The molecule has 0 radical (unpaired) electrons. The van der Waals surface area contributed by atoms with E-state index in [9.17, 15) is 0 Å². The Labute approximate surface area is 73.4 Å². The zero-order chi connectivity index (χ0) is 8.81. The summed E-state index contributed by atoms with van der Waals surface area (Å²) >= 11 is 0. The number of methoxy groups -OCH3 is 1. The average Bonchev–Trinajstić information content (AvgIpc) is 2.30. The molecule has 66 valence electrons. The Morgan fingerprint density at radius 3 is 3.08 bits per heavy atom. The SMILES string of the molecule is COC1=CCC=CC(CCN)=C1. The zero-order valence-corrected chi connectivity index (χ0v) is 7.42. The van der Waals surface area contributed by atoms with Gasteiger partial charge in [0.15, 0.2) is 0 Å². The number of nitrogens with two attached hydrogens (primary N) is 1. The molecule has 0 saturated carbocycles. The molecule has 0 saturated heterocycles. The van der Waals surface area contributed by atoms with Crippen molar-refractivity contribution in [2.75, 3.05) is 13.7 Å². The van der Waals surface area contributed by atoms with Gasteiger partial charge >= 0.3 is 0 Å². The van der Waals surface area contributed by atoms with Gasteiger partial charge in [-0.3, -0.25) is 0 Å². The molecule has 0 spiro atoms. The first-order valence-electron chi connectivity index (χ1n) is 4.18. The summed E-state index contributed by atoms with van der Waals surface area (Å²) in [5.41, 5.74) is 6.70. The van der Waals surface area contributed by atoms with Crippen LogP contribution in [0, 0.1) is 0 Å². The summed E-state index contributed by atoms with van der Waals surface area (Å²) in [4.78, 5) is 0. The summed E-state index contributed by atoms with van der Waals surface area (Å²) in [6, 6.07) is 0. The first-order chi connectivity index (χ1) is 5.86. The van der Waals surface area contributed by atoms with Gasteiger partial charge in [-0.1, -0.05) is 12.2 Å².